The van der Waals surface area contributed by atoms with Gasteiger partial charge in [0, 0.05) is 0 Å². The molecule has 6 nitrogen and oxygen atoms in total. The Balaban J connectivity index is 2.03. The number of nitrogens with one attached hydrogen (secondary N) is 2. The zero-order valence-electron chi connectivity index (χ0n) is 16.7. The summed E-state index contributed by atoms with van der Waals surface area (Å²) in [6.07, 6.45) is 0.874. The Morgan fingerprint density at radius 3 is 2.25 bits per heavy atom. The van der Waals surface area contributed by atoms with Crippen LogP contribution in [0.3, 0.4) is 0 Å². The highest BCUT2D eigenvalue weighted by atomic mass is 16.5. The number of amides is 3. The maximum absolute atomic E-state index is 12.8. The second kappa shape index (κ2) is 11.1. The van der Waals surface area contributed by atoms with Gasteiger partial charge in [0.2, 0.25) is 6.41 Å². The molecule has 6 heteroatoms. The smallest absolute Gasteiger partial charge is 0.336 e. The van der Waals surface area contributed by atoms with Gasteiger partial charge >= 0.3 is 6.03 Å². The Morgan fingerprint density at radius 1 is 1.07 bits per heavy atom. The molecule has 0 saturated carbocycles. The van der Waals surface area contributed by atoms with Gasteiger partial charge in [0.25, 0.3) is 0 Å². The summed E-state index contributed by atoms with van der Waals surface area (Å²) in [5.74, 6) is 0. The molecule has 2 rings (SSSR count). The fraction of sp³-hybridized carbons (Fsp3) is 0.364. The van der Waals surface area contributed by atoms with Gasteiger partial charge in [-0.05, 0) is 31.4 Å². The van der Waals surface area contributed by atoms with Crippen LogP contribution in [0.2, 0.25) is 0 Å². The molecule has 150 valence electrons. The summed E-state index contributed by atoms with van der Waals surface area (Å²) < 4.78 is 5.97. The van der Waals surface area contributed by atoms with E-state index in [4.69, 9.17) is 4.74 Å². The van der Waals surface area contributed by atoms with Crippen LogP contribution in [-0.2, 0) is 16.1 Å². The maximum Gasteiger partial charge on any atom is 0.336 e. The van der Waals surface area contributed by atoms with Gasteiger partial charge in [-0.25, -0.2) is 9.80 Å². The minimum absolute atomic E-state index is 0.192. The summed E-state index contributed by atoms with van der Waals surface area (Å²) in [7, 11) is 0. The lowest BCUT2D eigenvalue weighted by molar-refractivity contribution is -0.115. The van der Waals surface area contributed by atoms with Gasteiger partial charge in [-0.3, -0.25) is 10.2 Å². The fourth-order valence-corrected chi connectivity index (χ4v) is 3.08. The molecular formula is C22H29N3O3. The van der Waals surface area contributed by atoms with E-state index < -0.39 is 0 Å². The molecule has 0 aliphatic rings. The maximum atomic E-state index is 12.8. The van der Waals surface area contributed by atoms with Crippen molar-refractivity contribution in [2.24, 2.45) is 0 Å². The molecule has 2 aromatic rings. The molecule has 28 heavy (non-hydrogen) atoms. The highest BCUT2D eigenvalue weighted by Gasteiger charge is 2.29. The summed E-state index contributed by atoms with van der Waals surface area (Å²) in [6.45, 7) is 6.21. The monoisotopic (exact) mass is 383 g/mol. The molecule has 0 bridgehead atoms. The largest absolute Gasteiger partial charge is 0.372 e. The van der Waals surface area contributed by atoms with E-state index in [9.17, 15) is 9.59 Å². The van der Waals surface area contributed by atoms with Crippen molar-refractivity contribution in [1.29, 1.82) is 0 Å². The third-order valence-electron chi connectivity index (χ3n) is 4.70. The molecule has 0 unspecified atom stereocenters. The number of rotatable bonds is 10. The van der Waals surface area contributed by atoms with E-state index in [0.717, 1.165) is 11.1 Å². The molecule has 0 heterocycles. The Kier molecular flexibility index (Phi) is 8.49. The van der Waals surface area contributed by atoms with Gasteiger partial charge < -0.3 is 10.1 Å². The van der Waals surface area contributed by atoms with Crippen LogP contribution in [0.25, 0.3) is 0 Å². The fourth-order valence-electron chi connectivity index (χ4n) is 3.08. The zero-order valence-corrected chi connectivity index (χ0v) is 16.7. The lowest BCUT2D eigenvalue weighted by atomic mass is 10.1. The van der Waals surface area contributed by atoms with E-state index in [2.05, 4.69) is 10.7 Å². The number of carbonyl (C=O) groups is 2. The van der Waals surface area contributed by atoms with Gasteiger partial charge in [0.1, 0.15) is 0 Å². The first-order chi connectivity index (χ1) is 13.6. The average molecular weight is 383 g/mol. The normalized spacial score (nSPS) is 13.8. The van der Waals surface area contributed by atoms with Crippen molar-refractivity contribution < 1.29 is 14.3 Å². The second-order valence-electron chi connectivity index (χ2n) is 6.68. The third-order valence-corrected chi connectivity index (χ3v) is 4.70. The Morgan fingerprint density at radius 2 is 1.68 bits per heavy atom. The van der Waals surface area contributed by atoms with Gasteiger partial charge in [-0.1, -0.05) is 67.6 Å². The van der Waals surface area contributed by atoms with Crippen molar-refractivity contribution in [2.75, 3.05) is 0 Å². The van der Waals surface area contributed by atoms with E-state index in [0.29, 0.717) is 19.4 Å². The van der Waals surface area contributed by atoms with Crippen LogP contribution in [-0.4, -0.2) is 29.6 Å². The van der Waals surface area contributed by atoms with Crippen molar-refractivity contribution >= 4 is 12.4 Å². The minimum Gasteiger partial charge on any atom is -0.372 e. The number of hydrogen-bond donors (Lipinski definition) is 2. The molecule has 2 N–H and O–H groups in total. The molecule has 0 aromatic heterocycles. The zero-order chi connectivity index (χ0) is 20.4. The first-order valence-corrected chi connectivity index (χ1v) is 9.56. The van der Waals surface area contributed by atoms with E-state index in [-0.39, 0.29) is 24.2 Å². The number of urea groups is 1. The van der Waals surface area contributed by atoms with E-state index in [1.54, 1.807) is 0 Å². The molecule has 0 fully saturated rings. The number of carbonyl (C=O) groups excluding carboxylic acids is 2. The lowest BCUT2D eigenvalue weighted by Gasteiger charge is -2.34. The number of benzene rings is 2. The van der Waals surface area contributed by atoms with Crippen molar-refractivity contribution in [2.45, 2.75) is 52.0 Å². The Labute approximate surface area is 166 Å². The molecule has 0 radical (unpaired) electrons. The Bertz CT molecular complexity index is 724. The Hall–Kier alpha value is -2.86. The first-order valence-electron chi connectivity index (χ1n) is 9.56. The predicted octanol–water partition coefficient (Wildman–Crippen LogP) is 3.80. The summed E-state index contributed by atoms with van der Waals surface area (Å²) in [5, 5.41) is 4.26. The van der Waals surface area contributed by atoms with Crippen LogP contribution < -0.4 is 10.7 Å². The van der Waals surface area contributed by atoms with Crippen molar-refractivity contribution in [3.05, 3.63) is 71.8 Å². The summed E-state index contributed by atoms with van der Waals surface area (Å²) in [5.41, 5.74) is 4.58. The highest BCUT2D eigenvalue weighted by Crippen LogP contribution is 2.16. The number of nitrogens with zero attached hydrogens (tertiary/aromatic N) is 1. The van der Waals surface area contributed by atoms with Gasteiger partial charge in [-0.2, -0.15) is 0 Å². The predicted molar refractivity (Wildman–Crippen MR) is 109 cm³/mol. The van der Waals surface area contributed by atoms with E-state index >= 15 is 0 Å². The molecule has 3 amide bonds. The summed E-state index contributed by atoms with van der Waals surface area (Å²) in [4.78, 5) is 24.0. The van der Waals surface area contributed by atoms with Gasteiger partial charge in [-0.15, -0.1) is 0 Å². The van der Waals surface area contributed by atoms with Crippen LogP contribution in [0, 0.1) is 0 Å². The first kappa shape index (κ1) is 21.4. The molecule has 3 atom stereocenters. The quantitative estimate of drug-likeness (QED) is 0.484. The summed E-state index contributed by atoms with van der Waals surface area (Å²) in [6, 6.07) is 18.7. The van der Waals surface area contributed by atoms with Crippen LogP contribution in [0.1, 0.15) is 44.4 Å². The SMILES string of the molecule is CC[C@H]([C@@H](C)OCc1ccccc1)N(NC=O)C(=O)N[C@H](C)c1ccccc1. The van der Waals surface area contributed by atoms with Crippen LogP contribution in [0.4, 0.5) is 4.79 Å². The van der Waals surface area contributed by atoms with Crippen LogP contribution in [0.15, 0.2) is 60.7 Å². The topological polar surface area (TPSA) is 70.7 Å². The van der Waals surface area contributed by atoms with Gasteiger partial charge in [0.05, 0.1) is 24.8 Å². The van der Waals surface area contributed by atoms with Crippen molar-refractivity contribution in [3.63, 3.8) is 0 Å². The van der Waals surface area contributed by atoms with E-state index in [1.165, 1.54) is 5.01 Å². The standard InChI is InChI=1S/C22H29N3O3/c1-4-21(18(3)28-15-19-11-7-5-8-12-19)25(23-16-26)22(27)24-17(2)20-13-9-6-10-14-20/h5-14,16-18,21H,4,15H2,1-3H3,(H,23,26)(H,24,27)/t17-,18-,21-/m1/s1. The van der Waals surface area contributed by atoms with Crippen LogP contribution >= 0.6 is 0 Å². The highest BCUT2D eigenvalue weighted by molar-refractivity contribution is 5.76. The molecule has 0 aliphatic carbocycles. The molecule has 0 spiro atoms. The minimum atomic E-state index is -0.370. The molecular weight excluding hydrogens is 354 g/mol. The van der Waals surface area contributed by atoms with E-state index in [1.807, 2.05) is 81.4 Å². The molecule has 0 aliphatic heterocycles. The average Bonchev–Trinajstić information content (AvgIpc) is 2.73. The number of hydrogen-bond acceptors (Lipinski definition) is 3. The van der Waals surface area contributed by atoms with Gasteiger partial charge in [0.15, 0.2) is 0 Å². The number of hydrazine groups is 1. The number of ether oxygens (including phenoxy) is 1. The van der Waals surface area contributed by atoms with Crippen LogP contribution in [0.5, 0.6) is 0 Å². The summed E-state index contributed by atoms with van der Waals surface area (Å²) >= 11 is 0. The molecule has 0 saturated heterocycles. The van der Waals surface area contributed by atoms with Crippen molar-refractivity contribution in [3.8, 4) is 0 Å². The molecule has 2 aromatic carbocycles. The second-order valence-corrected chi connectivity index (χ2v) is 6.68. The third kappa shape index (κ3) is 6.09. The van der Waals surface area contributed by atoms with Crippen molar-refractivity contribution in [1.82, 2.24) is 15.8 Å². The lowest BCUT2D eigenvalue weighted by Crippen LogP contribution is -2.57.